The molecule has 6 rings (SSSR count). The van der Waals surface area contributed by atoms with Gasteiger partial charge < -0.3 is 9.47 Å². The summed E-state index contributed by atoms with van der Waals surface area (Å²) in [5.74, 6) is -2.75. The largest absolute Gasteiger partial charge is 0.486 e. The summed E-state index contributed by atoms with van der Waals surface area (Å²) in [6.07, 6.45) is -0.222. The van der Waals surface area contributed by atoms with Gasteiger partial charge in [0.05, 0.1) is 16.8 Å². The number of hydrazone groups is 1. The average Bonchev–Trinajstić information content (AvgIpc) is 3.50. The van der Waals surface area contributed by atoms with Gasteiger partial charge in [-0.15, -0.1) is 0 Å². The number of carbonyl (C=O) groups excluding carboxylic acids is 5. The average molecular weight is 474 g/mol. The number of nitrogens with zero attached hydrogens (tertiary/aromatic N) is 3. The van der Waals surface area contributed by atoms with Gasteiger partial charge in [-0.3, -0.25) is 34.3 Å². The molecule has 0 aliphatic carbocycles. The Kier molecular flexibility index (Phi) is 4.66. The number of hydrogen-bond acceptors (Lipinski definition) is 9. The van der Waals surface area contributed by atoms with Crippen LogP contribution >= 0.6 is 0 Å². The fraction of sp³-hybridized carbons (Fsp3) is 0.250. The molecule has 4 heterocycles. The molecule has 0 spiro atoms. The number of fused-ring (bicyclic) bond motifs is 3. The molecule has 2 aromatic rings. The van der Waals surface area contributed by atoms with Crippen molar-refractivity contribution in [3.63, 3.8) is 0 Å². The molecule has 35 heavy (non-hydrogen) atoms. The number of imide groups is 2. The molecule has 2 atom stereocenters. The van der Waals surface area contributed by atoms with E-state index in [1.54, 1.807) is 42.5 Å². The Labute approximate surface area is 198 Å². The molecular formula is C24H18N4O7. The zero-order valence-electron chi connectivity index (χ0n) is 18.2. The summed E-state index contributed by atoms with van der Waals surface area (Å²) in [6, 6.07) is 10.2. The van der Waals surface area contributed by atoms with Gasteiger partial charge in [0.15, 0.2) is 17.3 Å². The second kappa shape index (κ2) is 7.76. The highest BCUT2D eigenvalue weighted by molar-refractivity contribution is 6.48. The van der Waals surface area contributed by atoms with Crippen molar-refractivity contribution < 1.29 is 33.4 Å². The number of ether oxygens (including phenoxy) is 2. The van der Waals surface area contributed by atoms with Gasteiger partial charge in [-0.05, 0) is 24.3 Å². The molecule has 2 aromatic carbocycles. The Morgan fingerprint density at radius 3 is 2.34 bits per heavy atom. The minimum atomic E-state index is -1.09. The zero-order chi connectivity index (χ0) is 24.3. The highest BCUT2D eigenvalue weighted by Crippen LogP contribution is 2.37. The van der Waals surface area contributed by atoms with Crippen molar-refractivity contribution in [2.45, 2.75) is 12.5 Å². The topological polar surface area (TPSA) is 135 Å². The van der Waals surface area contributed by atoms with Gasteiger partial charge >= 0.3 is 0 Å². The third kappa shape index (κ3) is 3.11. The summed E-state index contributed by atoms with van der Waals surface area (Å²) in [5.41, 5.74) is 3.39. The number of benzene rings is 2. The molecule has 1 N–H and O–H groups in total. The summed E-state index contributed by atoms with van der Waals surface area (Å²) in [6.45, 7) is 0.601. The Morgan fingerprint density at radius 1 is 0.943 bits per heavy atom. The van der Waals surface area contributed by atoms with Crippen LogP contribution in [0.4, 0.5) is 5.69 Å². The predicted octanol–water partition coefficient (Wildman–Crippen LogP) is 0.530. The van der Waals surface area contributed by atoms with E-state index in [1.165, 1.54) is 0 Å². The molecule has 11 nitrogen and oxygen atoms in total. The third-order valence-corrected chi connectivity index (χ3v) is 6.44. The lowest BCUT2D eigenvalue weighted by Gasteiger charge is -2.21. The number of hydrogen-bond donors (Lipinski definition) is 1. The molecule has 0 unspecified atom stereocenters. The first-order valence-corrected chi connectivity index (χ1v) is 11.0. The van der Waals surface area contributed by atoms with E-state index in [0.717, 1.165) is 9.80 Å². The summed E-state index contributed by atoms with van der Waals surface area (Å²) < 4.78 is 11.0. The fourth-order valence-electron chi connectivity index (χ4n) is 4.73. The fourth-order valence-corrected chi connectivity index (χ4v) is 4.73. The zero-order valence-corrected chi connectivity index (χ0v) is 18.2. The second-order valence-electron chi connectivity index (χ2n) is 8.40. The smallest absolute Gasteiger partial charge is 0.261 e. The molecule has 4 aliphatic heterocycles. The lowest BCUT2D eigenvalue weighted by Crippen LogP contribution is -2.36. The van der Waals surface area contributed by atoms with Crippen molar-refractivity contribution >= 4 is 40.8 Å². The Morgan fingerprint density at radius 2 is 1.63 bits per heavy atom. The highest BCUT2D eigenvalue weighted by Gasteiger charge is 2.55. The minimum absolute atomic E-state index is 0.0926. The highest BCUT2D eigenvalue weighted by atomic mass is 16.6. The van der Waals surface area contributed by atoms with E-state index in [-0.39, 0.29) is 29.8 Å². The van der Waals surface area contributed by atoms with Crippen LogP contribution in [-0.4, -0.2) is 65.8 Å². The normalized spacial score (nSPS) is 22.2. The monoisotopic (exact) mass is 474 g/mol. The van der Waals surface area contributed by atoms with Gasteiger partial charge in [0.25, 0.3) is 17.7 Å². The lowest BCUT2D eigenvalue weighted by molar-refractivity contribution is -0.122. The first kappa shape index (κ1) is 21.0. The molecule has 4 amide bonds. The Bertz CT molecular complexity index is 1330. The van der Waals surface area contributed by atoms with Gasteiger partial charge in [0.1, 0.15) is 30.9 Å². The summed E-state index contributed by atoms with van der Waals surface area (Å²) in [7, 11) is 0. The van der Waals surface area contributed by atoms with Crippen LogP contribution in [-0.2, 0) is 14.4 Å². The van der Waals surface area contributed by atoms with Crippen molar-refractivity contribution in [1.29, 1.82) is 0 Å². The van der Waals surface area contributed by atoms with E-state index >= 15 is 0 Å². The van der Waals surface area contributed by atoms with E-state index in [4.69, 9.17) is 9.47 Å². The first-order valence-electron chi connectivity index (χ1n) is 11.0. The van der Waals surface area contributed by atoms with E-state index < -0.39 is 41.4 Å². The number of carbonyl (C=O) groups is 5. The van der Waals surface area contributed by atoms with Crippen molar-refractivity contribution in [2.24, 2.45) is 11.0 Å². The summed E-state index contributed by atoms with van der Waals surface area (Å²) in [4.78, 5) is 66.3. The number of rotatable bonds is 5. The van der Waals surface area contributed by atoms with Crippen LogP contribution in [0.5, 0.6) is 11.5 Å². The predicted molar refractivity (Wildman–Crippen MR) is 119 cm³/mol. The van der Waals surface area contributed by atoms with Gasteiger partial charge in [-0.1, -0.05) is 12.1 Å². The Hall–Kier alpha value is -4.54. The maximum Gasteiger partial charge on any atom is 0.261 e. The first-order chi connectivity index (χ1) is 17.0. The minimum Gasteiger partial charge on any atom is -0.486 e. The van der Waals surface area contributed by atoms with Crippen LogP contribution in [0.15, 0.2) is 47.6 Å². The number of Topliss-reactive ketones (excluding diaryl/α,β-unsaturated/α-hetero) is 1. The van der Waals surface area contributed by atoms with Gasteiger partial charge in [-0.2, -0.15) is 5.10 Å². The van der Waals surface area contributed by atoms with Crippen molar-refractivity contribution in [2.75, 3.05) is 24.7 Å². The van der Waals surface area contributed by atoms with Gasteiger partial charge in [0, 0.05) is 19.0 Å². The molecular weight excluding hydrogens is 456 g/mol. The summed E-state index contributed by atoms with van der Waals surface area (Å²) in [5, 5.41) is 3.96. The molecule has 176 valence electrons. The number of ketones is 1. The lowest BCUT2D eigenvalue weighted by atomic mass is 9.94. The third-order valence-electron chi connectivity index (χ3n) is 6.44. The van der Waals surface area contributed by atoms with E-state index in [2.05, 4.69) is 10.5 Å². The SMILES string of the molecule is O=C(CCN1C(=O)c2ccccc2C1=O)C1=NN[C@@H]2C(=O)N(c3ccc4c(c3)OCCO4)C(=O)[C@H]12. The van der Waals surface area contributed by atoms with Crippen LogP contribution < -0.4 is 19.8 Å². The Balaban J connectivity index is 1.18. The van der Waals surface area contributed by atoms with Crippen LogP contribution in [0.25, 0.3) is 0 Å². The standard InChI is InChI=1S/C24H18N4O7/c29-15(7-8-27-21(30)13-3-1-2-4-14(13)22(27)31)19-18-20(26-25-19)24(33)28(23(18)32)12-5-6-16-17(11-12)35-10-9-34-16/h1-6,11,18,20,26H,7-10H2/t18-,20+/m1/s1. The molecule has 0 aromatic heterocycles. The van der Waals surface area contributed by atoms with E-state index in [1.807, 2.05) is 0 Å². The van der Waals surface area contributed by atoms with Gasteiger partial charge in [-0.25, -0.2) is 4.90 Å². The maximum atomic E-state index is 13.2. The quantitative estimate of drug-likeness (QED) is 0.621. The van der Waals surface area contributed by atoms with Crippen molar-refractivity contribution in [3.05, 3.63) is 53.6 Å². The van der Waals surface area contributed by atoms with Crippen molar-refractivity contribution in [3.8, 4) is 11.5 Å². The molecule has 0 bridgehead atoms. The van der Waals surface area contributed by atoms with Crippen LogP contribution in [0.2, 0.25) is 0 Å². The second-order valence-corrected chi connectivity index (χ2v) is 8.40. The maximum absolute atomic E-state index is 13.2. The van der Waals surface area contributed by atoms with Crippen LogP contribution in [0, 0.1) is 5.92 Å². The summed E-state index contributed by atoms with van der Waals surface area (Å²) >= 11 is 0. The number of amides is 4. The molecule has 11 heteroatoms. The molecule has 1 saturated heterocycles. The van der Waals surface area contributed by atoms with E-state index in [0.29, 0.717) is 30.4 Å². The number of nitrogens with one attached hydrogen (secondary N) is 1. The van der Waals surface area contributed by atoms with Crippen molar-refractivity contribution in [1.82, 2.24) is 10.3 Å². The van der Waals surface area contributed by atoms with E-state index in [9.17, 15) is 24.0 Å². The van der Waals surface area contributed by atoms with Gasteiger partial charge in [0.2, 0.25) is 5.91 Å². The van der Waals surface area contributed by atoms with Crippen LogP contribution in [0.3, 0.4) is 0 Å². The molecule has 0 saturated carbocycles. The number of anilines is 1. The molecule has 4 aliphatic rings. The molecule has 0 radical (unpaired) electrons. The van der Waals surface area contributed by atoms with Crippen LogP contribution in [0.1, 0.15) is 27.1 Å². The molecule has 1 fully saturated rings.